The molecule has 3 aromatic heterocycles. The van der Waals surface area contributed by atoms with Gasteiger partial charge in [0.2, 0.25) is 5.82 Å². The van der Waals surface area contributed by atoms with Gasteiger partial charge in [0.25, 0.3) is 0 Å². The minimum atomic E-state index is -0.500. The van der Waals surface area contributed by atoms with Gasteiger partial charge in [-0.2, -0.15) is 4.98 Å². The van der Waals surface area contributed by atoms with Crippen LogP contribution in [0.2, 0.25) is 0 Å². The van der Waals surface area contributed by atoms with Crippen molar-refractivity contribution in [3.8, 4) is 11.4 Å². The van der Waals surface area contributed by atoms with Crippen LogP contribution in [0.1, 0.15) is 49.2 Å². The Morgan fingerprint density at radius 1 is 1.20 bits per heavy atom. The molecular weight excluding hydrogens is 450 g/mol. The van der Waals surface area contributed by atoms with E-state index in [9.17, 15) is 9.90 Å². The molecule has 1 amide bonds. The third kappa shape index (κ3) is 3.00. The minimum Gasteiger partial charge on any atom is -0.390 e. The lowest BCUT2D eigenvalue weighted by Crippen LogP contribution is -2.59. The van der Waals surface area contributed by atoms with E-state index in [1.807, 2.05) is 0 Å². The van der Waals surface area contributed by atoms with Crippen LogP contribution in [-0.4, -0.2) is 77.9 Å². The minimum absolute atomic E-state index is 0.0162. The highest BCUT2D eigenvalue weighted by molar-refractivity contribution is 5.95. The largest absolute Gasteiger partial charge is 0.390 e. The van der Waals surface area contributed by atoms with Crippen molar-refractivity contribution in [2.75, 3.05) is 18.5 Å². The number of aliphatic hydroxyl groups is 1. The van der Waals surface area contributed by atoms with Crippen molar-refractivity contribution < 1.29 is 19.2 Å². The van der Waals surface area contributed by atoms with Gasteiger partial charge in [-0.25, -0.2) is 9.97 Å². The molecule has 6 fully saturated rings. The first-order chi connectivity index (χ1) is 17.0. The summed E-state index contributed by atoms with van der Waals surface area (Å²) in [6, 6.07) is 0.315. The number of anilines is 1. The quantitative estimate of drug-likeness (QED) is 0.514. The Hall–Kier alpha value is -3.05. The number of rotatable bonds is 4. The average Bonchev–Trinajstić information content (AvgIpc) is 3.63. The lowest BCUT2D eigenvalue weighted by molar-refractivity contribution is -0.129. The van der Waals surface area contributed by atoms with Crippen molar-refractivity contribution in [1.29, 1.82) is 0 Å². The predicted molar refractivity (Wildman–Crippen MR) is 122 cm³/mol. The van der Waals surface area contributed by atoms with Gasteiger partial charge < -0.3 is 29.6 Å². The zero-order valence-electron chi connectivity index (χ0n) is 19.2. The number of hydrogen-bond acceptors (Lipinski definition) is 9. The highest BCUT2D eigenvalue weighted by Gasteiger charge is 2.55. The van der Waals surface area contributed by atoms with Gasteiger partial charge in [0, 0.05) is 18.8 Å². The molecule has 1 unspecified atom stereocenters. The van der Waals surface area contributed by atoms with E-state index in [0.717, 1.165) is 44.2 Å². The van der Waals surface area contributed by atoms with Crippen molar-refractivity contribution in [3.63, 3.8) is 0 Å². The molecule has 11 heteroatoms. The second-order valence-electron chi connectivity index (χ2n) is 11.2. The van der Waals surface area contributed by atoms with E-state index in [-0.39, 0.29) is 30.0 Å². The summed E-state index contributed by atoms with van der Waals surface area (Å²) in [7, 11) is 0. The van der Waals surface area contributed by atoms with Gasteiger partial charge in [-0.3, -0.25) is 4.79 Å². The fourth-order valence-corrected chi connectivity index (χ4v) is 7.78. The lowest BCUT2D eigenvalue weighted by Gasteiger charge is -2.58. The number of hydrogen-bond donors (Lipinski definition) is 3. The van der Waals surface area contributed by atoms with Crippen LogP contribution in [0, 0.1) is 17.8 Å². The summed E-state index contributed by atoms with van der Waals surface area (Å²) in [6.45, 7) is 1.12. The Labute approximate surface area is 200 Å². The fourth-order valence-electron chi connectivity index (χ4n) is 7.78. The first-order valence-corrected chi connectivity index (χ1v) is 12.6. The van der Waals surface area contributed by atoms with Gasteiger partial charge in [0.15, 0.2) is 5.65 Å². The number of ether oxygens (including phenoxy) is 1. The van der Waals surface area contributed by atoms with Gasteiger partial charge in [0.05, 0.1) is 41.9 Å². The highest BCUT2D eigenvalue weighted by Crippen LogP contribution is 2.56. The van der Waals surface area contributed by atoms with Crippen molar-refractivity contribution in [1.82, 2.24) is 30.0 Å². The molecule has 11 nitrogen and oxygen atoms in total. The molecular formula is C24H27N7O4. The Morgan fingerprint density at radius 3 is 2.80 bits per heavy atom. The third-order valence-corrected chi connectivity index (χ3v) is 9.01. The predicted octanol–water partition coefficient (Wildman–Crippen LogP) is 1.97. The van der Waals surface area contributed by atoms with Crippen LogP contribution in [0.3, 0.4) is 0 Å². The maximum atomic E-state index is 13.1. The van der Waals surface area contributed by atoms with E-state index < -0.39 is 5.60 Å². The first kappa shape index (κ1) is 20.2. The summed E-state index contributed by atoms with van der Waals surface area (Å²) in [5.41, 5.74) is 2.34. The van der Waals surface area contributed by atoms with Gasteiger partial charge in [-0.15, -0.1) is 0 Å². The number of pyridine rings is 1. The van der Waals surface area contributed by atoms with Crippen LogP contribution in [0.25, 0.3) is 22.6 Å². The number of fused-ring (bicyclic) bond motifs is 3. The third-order valence-electron chi connectivity index (χ3n) is 9.01. The molecule has 3 aromatic rings. The number of nitrogens with one attached hydrogen (secondary N) is 2. The summed E-state index contributed by atoms with van der Waals surface area (Å²) in [6.07, 6.45) is 9.20. The lowest BCUT2D eigenvalue weighted by atomic mass is 9.52. The summed E-state index contributed by atoms with van der Waals surface area (Å²) in [5, 5.41) is 19.0. The maximum Gasteiger partial charge on any atom is 0.316 e. The number of nitrogens with zero attached hydrogens (tertiary/aromatic N) is 5. The van der Waals surface area contributed by atoms with E-state index in [4.69, 9.17) is 9.26 Å². The molecule has 9 rings (SSSR count). The average molecular weight is 478 g/mol. The fraction of sp³-hybridized carbons (Fsp3) is 0.625. The van der Waals surface area contributed by atoms with Crippen LogP contribution in [0.5, 0.6) is 0 Å². The normalized spacial score (nSPS) is 37.0. The highest BCUT2D eigenvalue weighted by atomic mass is 16.5. The summed E-state index contributed by atoms with van der Waals surface area (Å²) < 4.78 is 11.0. The van der Waals surface area contributed by atoms with Crippen LogP contribution < -0.4 is 5.32 Å². The van der Waals surface area contributed by atoms with Crippen LogP contribution in [-0.2, 0) is 4.74 Å². The number of aromatic nitrogens is 5. The molecule has 5 heterocycles. The summed E-state index contributed by atoms with van der Waals surface area (Å²) >= 11 is 0. The van der Waals surface area contributed by atoms with Crippen LogP contribution in [0.15, 0.2) is 17.0 Å². The number of H-pyrrole nitrogens is 1. The monoisotopic (exact) mass is 477 g/mol. The zero-order valence-corrected chi connectivity index (χ0v) is 19.2. The van der Waals surface area contributed by atoms with Gasteiger partial charge >= 0.3 is 11.8 Å². The molecule has 4 aliphatic carbocycles. The van der Waals surface area contributed by atoms with E-state index in [1.54, 1.807) is 17.4 Å². The van der Waals surface area contributed by atoms with Crippen molar-refractivity contribution >= 4 is 22.8 Å². The standard InChI is InChI=1S/C24H27N7O4/c32-23(31-8-15-3-14(31)9-34-15)22-29-20(30-35-22)16-7-25-21-19(26-10-27-21)18(16)28-17-12-1-11-2-13(17)6-24(33,4-11)5-12/h7,10-15,17,33H,1-6,8-9H2,(H2,25,26,27,28)/t11?,12-,13+,14-,15-,17+,24-/m0/s1. The number of likely N-dealkylation sites (tertiary alicyclic amines) is 1. The van der Waals surface area contributed by atoms with E-state index >= 15 is 0 Å². The SMILES string of the molecule is O=C(c1nc(-c2cnc3[nH]cnc3c2N[C@H]2[C@@H]3CC4C[C@H]2C[C@@](O)(C4)C3)no1)N1C[C@@H]2C[C@H]1CO2. The molecule has 6 aliphatic rings. The number of imidazole rings is 1. The van der Waals surface area contributed by atoms with Gasteiger partial charge in [0.1, 0.15) is 5.52 Å². The zero-order chi connectivity index (χ0) is 23.3. The van der Waals surface area contributed by atoms with E-state index in [0.29, 0.717) is 53.5 Å². The number of amides is 1. The molecule has 0 radical (unpaired) electrons. The molecule has 0 aromatic carbocycles. The second kappa shape index (κ2) is 7.01. The van der Waals surface area contributed by atoms with Gasteiger partial charge in [-0.1, -0.05) is 5.16 Å². The van der Waals surface area contributed by atoms with Gasteiger partial charge in [-0.05, 0) is 56.3 Å². The van der Waals surface area contributed by atoms with E-state index in [2.05, 4.69) is 30.4 Å². The summed E-state index contributed by atoms with van der Waals surface area (Å²) in [4.78, 5) is 31.4. The topological polar surface area (TPSA) is 142 Å². The van der Waals surface area contributed by atoms with Crippen LogP contribution >= 0.6 is 0 Å². The summed E-state index contributed by atoms with van der Waals surface area (Å²) in [5.74, 6) is 1.49. The molecule has 7 atom stereocenters. The number of carbonyl (C=O) groups excluding carboxylic acids is 1. The van der Waals surface area contributed by atoms with Crippen molar-refractivity contribution in [2.45, 2.75) is 62.3 Å². The Balaban J connectivity index is 1.14. The Morgan fingerprint density at radius 2 is 2.06 bits per heavy atom. The molecule has 4 saturated carbocycles. The Kier molecular flexibility index (Phi) is 4.04. The molecule has 6 bridgehead atoms. The van der Waals surface area contributed by atoms with E-state index in [1.165, 1.54) is 0 Å². The molecule has 3 N–H and O–H groups in total. The molecule has 2 saturated heterocycles. The molecule has 0 spiro atoms. The van der Waals surface area contributed by atoms with Crippen molar-refractivity contribution in [2.24, 2.45) is 17.8 Å². The molecule has 35 heavy (non-hydrogen) atoms. The maximum absolute atomic E-state index is 13.1. The molecule has 182 valence electrons. The number of aromatic amines is 1. The smallest absolute Gasteiger partial charge is 0.316 e. The number of carbonyl (C=O) groups is 1. The number of morpholine rings is 1. The molecule has 2 aliphatic heterocycles. The second-order valence-corrected chi connectivity index (χ2v) is 11.2. The van der Waals surface area contributed by atoms with Crippen LogP contribution in [0.4, 0.5) is 5.69 Å². The van der Waals surface area contributed by atoms with Crippen molar-refractivity contribution in [3.05, 3.63) is 18.4 Å². The Bertz CT molecular complexity index is 1320. The first-order valence-electron chi connectivity index (χ1n) is 12.6.